The van der Waals surface area contributed by atoms with Crippen molar-refractivity contribution in [3.05, 3.63) is 0 Å². The van der Waals surface area contributed by atoms with Crippen molar-refractivity contribution in [3.8, 4) is 0 Å². The lowest BCUT2D eigenvalue weighted by Gasteiger charge is -2.19. The molecule has 0 aliphatic heterocycles. The van der Waals surface area contributed by atoms with Gasteiger partial charge in [-0.15, -0.1) is 0 Å². The molecule has 0 fully saturated rings. The van der Waals surface area contributed by atoms with Crippen LogP contribution in [0.1, 0.15) is 19.3 Å². The molecule has 0 saturated heterocycles. The lowest BCUT2D eigenvalue weighted by atomic mass is 10.2. The van der Waals surface area contributed by atoms with Crippen LogP contribution in [0.3, 0.4) is 0 Å². The van der Waals surface area contributed by atoms with E-state index in [4.69, 9.17) is 30.4 Å². The van der Waals surface area contributed by atoms with Gasteiger partial charge in [-0.05, 0) is 19.3 Å². The van der Waals surface area contributed by atoms with Gasteiger partial charge in [0.2, 0.25) is 0 Å². The first-order valence-corrected chi connectivity index (χ1v) is 7.45. The molecule has 0 saturated carbocycles. The number of hydrogen-bond donors (Lipinski definition) is 6. The van der Waals surface area contributed by atoms with E-state index in [1.165, 1.54) is 0 Å². The highest BCUT2D eigenvalue weighted by Crippen LogP contribution is 2.61. The van der Waals surface area contributed by atoms with E-state index in [1.54, 1.807) is 0 Å². The molecule has 0 radical (unpaired) electrons. The lowest BCUT2D eigenvalue weighted by molar-refractivity contribution is 0.168. The smallest absolute Gasteiger partial charge is 0.340 e. The average molecular weight is 263 g/mol. The van der Waals surface area contributed by atoms with Crippen molar-refractivity contribution in [2.75, 3.05) is 0 Å². The van der Waals surface area contributed by atoms with Crippen LogP contribution in [0.4, 0.5) is 0 Å². The lowest BCUT2D eigenvalue weighted by Crippen LogP contribution is -2.19. The Bertz CT molecular complexity index is 259. The molecule has 7 N–H and O–H groups in total. The zero-order valence-corrected chi connectivity index (χ0v) is 9.59. The zero-order chi connectivity index (χ0) is 12.3. The van der Waals surface area contributed by atoms with Gasteiger partial charge in [-0.1, -0.05) is 0 Å². The average Bonchev–Trinajstić information content (AvgIpc) is 1.92. The summed E-state index contributed by atoms with van der Waals surface area (Å²) in [4.78, 5) is 34.8. The third kappa shape index (κ3) is 6.40. The Morgan fingerprint density at radius 3 is 1.67 bits per heavy atom. The summed E-state index contributed by atoms with van der Waals surface area (Å²) in [5.41, 5.74) is 4.96. The van der Waals surface area contributed by atoms with Gasteiger partial charge in [-0.25, -0.2) is 0 Å². The Morgan fingerprint density at radius 2 is 1.40 bits per heavy atom. The van der Waals surface area contributed by atoms with Crippen molar-refractivity contribution in [2.24, 2.45) is 5.73 Å². The van der Waals surface area contributed by atoms with Crippen molar-refractivity contribution in [2.45, 2.75) is 30.9 Å². The van der Waals surface area contributed by atoms with Gasteiger partial charge in [0.1, 0.15) is 6.23 Å². The summed E-state index contributed by atoms with van der Waals surface area (Å²) in [6.45, 7) is 0. The monoisotopic (exact) mass is 263 g/mol. The Labute approximate surface area is 86.4 Å². The Kier molecular flexibility index (Phi) is 5.60. The molecule has 1 unspecified atom stereocenters. The zero-order valence-electron chi connectivity index (χ0n) is 7.80. The van der Waals surface area contributed by atoms with Crippen molar-refractivity contribution < 1.29 is 33.8 Å². The topological polar surface area (TPSA) is 161 Å². The number of aliphatic hydroxyl groups excluding tert-OH is 1. The van der Waals surface area contributed by atoms with Crippen LogP contribution in [0.25, 0.3) is 0 Å². The summed E-state index contributed by atoms with van der Waals surface area (Å²) in [7, 11) is -9.69. The normalized spacial score (nSPS) is 15.7. The van der Waals surface area contributed by atoms with Gasteiger partial charge in [0.15, 0.2) is 5.40 Å². The maximum Gasteiger partial charge on any atom is 0.340 e. The Morgan fingerprint density at radius 1 is 1.00 bits per heavy atom. The fraction of sp³-hybridized carbons (Fsp3) is 1.00. The number of aliphatic hydroxyl groups is 1. The van der Waals surface area contributed by atoms with Gasteiger partial charge >= 0.3 is 15.2 Å². The molecule has 0 rings (SSSR count). The molecule has 0 aliphatic carbocycles. The maximum atomic E-state index is 10.8. The maximum absolute atomic E-state index is 10.8. The molecule has 92 valence electrons. The molecule has 0 aromatic rings. The van der Waals surface area contributed by atoms with Crippen LogP contribution in [0.5, 0.6) is 0 Å². The summed E-state index contributed by atoms with van der Waals surface area (Å²) in [6, 6.07) is 0. The number of rotatable bonds is 6. The largest absolute Gasteiger partial charge is 0.379 e. The van der Waals surface area contributed by atoms with Gasteiger partial charge in [0.05, 0.1) is 0 Å². The van der Waals surface area contributed by atoms with Crippen LogP contribution in [0.15, 0.2) is 0 Å². The van der Waals surface area contributed by atoms with Gasteiger partial charge < -0.3 is 30.4 Å². The van der Waals surface area contributed by atoms with Gasteiger partial charge in [-0.2, -0.15) is 0 Å². The van der Waals surface area contributed by atoms with E-state index in [9.17, 15) is 9.13 Å². The van der Waals surface area contributed by atoms with E-state index in [1.807, 2.05) is 0 Å². The van der Waals surface area contributed by atoms with Crippen molar-refractivity contribution in [1.29, 1.82) is 0 Å². The highest BCUT2D eigenvalue weighted by Gasteiger charge is 2.42. The third-order valence-electron chi connectivity index (χ3n) is 1.74. The first-order chi connectivity index (χ1) is 6.55. The summed E-state index contributed by atoms with van der Waals surface area (Å²) in [5.74, 6) is 0. The molecule has 0 aromatic heterocycles. The minimum absolute atomic E-state index is 0.0243. The molecule has 0 spiro atoms. The van der Waals surface area contributed by atoms with Gasteiger partial charge in [0.25, 0.3) is 0 Å². The van der Waals surface area contributed by atoms with E-state index in [0.29, 0.717) is 0 Å². The molecule has 10 heteroatoms. The molecule has 8 nitrogen and oxygen atoms in total. The summed E-state index contributed by atoms with van der Waals surface area (Å²) >= 11 is 0. The van der Waals surface area contributed by atoms with E-state index in [-0.39, 0.29) is 19.3 Å². The highest BCUT2D eigenvalue weighted by atomic mass is 31.2. The van der Waals surface area contributed by atoms with Crippen molar-refractivity contribution >= 4 is 15.2 Å². The molecule has 1 atom stereocenters. The van der Waals surface area contributed by atoms with Crippen molar-refractivity contribution in [3.63, 3.8) is 0 Å². The molecule has 0 bridgehead atoms. The first-order valence-electron chi connectivity index (χ1n) is 4.09. The van der Waals surface area contributed by atoms with Crippen LogP contribution in [0, 0.1) is 0 Å². The van der Waals surface area contributed by atoms with Gasteiger partial charge in [0, 0.05) is 0 Å². The van der Waals surface area contributed by atoms with E-state index < -0.39 is 26.8 Å². The fourth-order valence-corrected chi connectivity index (χ4v) is 3.65. The predicted molar refractivity (Wildman–Crippen MR) is 51.9 cm³/mol. The van der Waals surface area contributed by atoms with Gasteiger partial charge in [-0.3, -0.25) is 9.13 Å². The van der Waals surface area contributed by atoms with Crippen LogP contribution >= 0.6 is 15.2 Å². The molecular formula is C5H15NO7P2. The Hall–Kier alpha value is 0.220. The number of hydrogen-bond acceptors (Lipinski definition) is 4. The highest BCUT2D eigenvalue weighted by molar-refractivity contribution is 7.70. The molecule has 0 aromatic carbocycles. The fourth-order valence-electron chi connectivity index (χ4n) is 1.04. The standard InChI is InChI=1S/C5H15NO7P2/c6-4(7)2-1-3-5(14(8,9)10)15(11,12)13/h4-5,7H,1-3,6H2,(H2,8,9,10)(H2,11,12,13). The molecule has 0 aliphatic rings. The number of nitrogens with two attached hydrogens (primary N) is 1. The van der Waals surface area contributed by atoms with Crippen LogP contribution in [0.2, 0.25) is 0 Å². The Balaban J connectivity index is 4.43. The minimum atomic E-state index is -4.84. The van der Waals surface area contributed by atoms with Crippen LogP contribution in [-0.4, -0.2) is 36.3 Å². The first kappa shape index (κ1) is 15.2. The summed E-state index contributed by atoms with van der Waals surface area (Å²) in [6.07, 6.45) is -1.49. The second-order valence-corrected chi connectivity index (χ2v) is 7.17. The van der Waals surface area contributed by atoms with E-state index in [0.717, 1.165) is 0 Å². The molecule has 0 amide bonds. The van der Waals surface area contributed by atoms with Crippen LogP contribution < -0.4 is 5.73 Å². The summed E-state index contributed by atoms with van der Waals surface area (Å²) in [5, 5.41) is 6.65. The second-order valence-electron chi connectivity index (χ2n) is 3.16. The van der Waals surface area contributed by atoms with Crippen LogP contribution in [-0.2, 0) is 9.13 Å². The summed E-state index contributed by atoms with van der Waals surface area (Å²) < 4.78 is 21.5. The van der Waals surface area contributed by atoms with E-state index in [2.05, 4.69) is 0 Å². The SMILES string of the molecule is NC(O)CCCC(P(=O)(O)O)P(=O)(O)O. The predicted octanol–water partition coefficient (Wildman–Crippen LogP) is -0.885. The van der Waals surface area contributed by atoms with E-state index >= 15 is 0 Å². The third-order valence-corrected chi connectivity index (χ3v) is 5.61. The molecular weight excluding hydrogens is 248 g/mol. The second kappa shape index (κ2) is 5.52. The minimum Gasteiger partial charge on any atom is -0.379 e. The van der Waals surface area contributed by atoms with Crippen molar-refractivity contribution in [1.82, 2.24) is 0 Å². The quantitative estimate of drug-likeness (QED) is 0.266. The molecule has 15 heavy (non-hydrogen) atoms. The molecule has 0 heterocycles.